The van der Waals surface area contributed by atoms with Crippen LogP contribution in [0.15, 0.2) is 0 Å². The highest BCUT2D eigenvalue weighted by atomic mass is 32.1. The van der Waals surface area contributed by atoms with E-state index in [9.17, 15) is 0 Å². The standard InChI is InChI=1S/C16H28N4S/c1-4-17-10-14-15(13-6-7-13)18-16(21-14)20-9-5-8-19(3)11-12(20)2/h12-13,17H,4-11H2,1-3H3. The molecule has 5 heteroatoms. The van der Waals surface area contributed by atoms with Gasteiger partial charge in [0, 0.05) is 36.5 Å². The average molecular weight is 308 g/mol. The molecule has 2 heterocycles. The number of aromatic nitrogens is 1. The predicted octanol–water partition coefficient (Wildman–Crippen LogP) is 2.66. The normalized spacial score (nSPS) is 24.3. The van der Waals surface area contributed by atoms with E-state index in [0.717, 1.165) is 32.1 Å². The van der Waals surface area contributed by atoms with Crippen molar-refractivity contribution >= 4 is 16.5 Å². The molecule has 1 aromatic rings. The van der Waals surface area contributed by atoms with Crippen LogP contribution in [0.1, 0.15) is 49.6 Å². The number of nitrogens with zero attached hydrogens (tertiary/aromatic N) is 3. The highest BCUT2D eigenvalue weighted by Gasteiger charge is 2.31. The Bertz CT molecular complexity index is 469. The summed E-state index contributed by atoms with van der Waals surface area (Å²) in [5, 5.41) is 4.74. The summed E-state index contributed by atoms with van der Waals surface area (Å²) < 4.78 is 0. The van der Waals surface area contributed by atoms with Gasteiger partial charge in [0.25, 0.3) is 0 Å². The Kier molecular flexibility index (Phi) is 4.82. The maximum Gasteiger partial charge on any atom is 0.186 e. The van der Waals surface area contributed by atoms with Gasteiger partial charge in [0.15, 0.2) is 5.13 Å². The molecule has 1 aromatic heterocycles. The van der Waals surface area contributed by atoms with Crippen LogP contribution in [-0.4, -0.2) is 49.2 Å². The van der Waals surface area contributed by atoms with Crippen molar-refractivity contribution in [2.24, 2.45) is 0 Å². The zero-order chi connectivity index (χ0) is 14.8. The molecule has 1 saturated heterocycles. The number of likely N-dealkylation sites (N-methyl/N-ethyl adjacent to an activating group) is 1. The molecule has 0 spiro atoms. The Balaban J connectivity index is 1.80. The number of rotatable bonds is 5. The second kappa shape index (κ2) is 6.63. The quantitative estimate of drug-likeness (QED) is 0.906. The van der Waals surface area contributed by atoms with Gasteiger partial charge in [0.1, 0.15) is 0 Å². The second-order valence-electron chi connectivity index (χ2n) is 6.52. The van der Waals surface area contributed by atoms with Gasteiger partial charge in [-0.3, -0.25) is 0 Å². The van der Waals surface area contributed by atoms with E-state index in [1.807, 2.05) is 11.3 Å². The molecule has 118 valence electrons. The molecule has 1 unspecified atom stereocenters. The number of hydrogen-bond donors (Lipinski definition) is 1. The molecule has 1 aliphatic heterocycles. The van der Waals surface area contributed by atoms with E-state index in [0.29, 0.717) is 6.04 Å². The lowest BCUT2D eigenvalue weighted by Gasteiger charge is -2.27. The molecule has 4 nitrogen and oxygen atoms in total. The van der Waals surface area contributed by atoms with Crippen LogP contribution in [0.25, 0.3) is 0 Å². The summed E-state index contributed by atoms with van der Waals surface area (Å²) in [7, 11) is 2.23. The van der Waals surface area contributed by atoms with Crippen molar-refractivity contribution in [2.45, 2.75) is 51.6 Å². The third kappa shape index (κ3) is 3.58. The summed E-state index contributed by atoms with van der Waals surface area (Å²) in [6.07, 6.45) is 3.91. The van der Waals surface area contributed by atoms with E-state index in [1.165, 1.54) is 41.5 Å². The summed E-state index contributed by atoms with van der Waals surface area (Å²) in [5.74, 6) is 0.744. The van der Waals surface area contributed by atoms with Gasteiger partial charge in [-0.2, -0.15) is 0 Å². The van der Waals surface area contributed by atoms with E-state index in [4.69, 9.17) is 4.98 Å². The predicted molar refractivity (Wildman–Crippen MR) is 90.4 cm³/mol. The Morgan fingerprint density at radius 2 is 2.14 bits per heavy atom. The fraction of sp³-hybridized carbons (Fsp3) is 0.812. The van der Waals surface area contributed by atoms with Crippen LogP contribution in [0.2, 0.25) is 0 Å². The first-order valence-electron chi connectivity index (χ1n) is 8.34. The number of nitrogens with one attached hydrogen (secondary N) is 1. The molecule has 0 amide bonds. The van der Waals surface area contributed by atoms with Gasteiger partial charge in [-0.25, -0.2) is 4.98 Å². The molecule has 21 heavy (non-hydrogen) atoms. The third-order valence-electron chi connectivity index (χ3n) is 4.51. The van der Waals surface area contributed by atoms with Gasteiger partial charge in [0.05, 0.1) is 5.69 Å². The molecule has 1 N–H and O–H groups in total. The highest BCUT2D eigenvalue weighted by Crippen LogP contribution is 2.44. The average Bonchev–Trinajstić information content (AvgIpc) is 3.23. The van der Waals surface area contributed by atoms with E-state index in [2.05, 4.69) is 36.0 Å². The van der Waals surface area contributed by atoms with Gasteiger partial charge in [0.2, 0.25) is 0 Å². The molecule has 1 saturated carbocycles. The van der Waals surface area contributed by atoms with Gasteiger partial charge < -0.3 is 15.1 Å². The lowest BCUT2D eigenvalue weighted by molar-refractivity contribution is 0.337. The molecule has 0 radical (unpaired) electrons. The first-order valence-corrected chi connectivity index (χ1v) is 9.16. The first-order chi connectivity index (χ1) is 10.2. The van der Waals surface area contributed by atoms with Crippen molar-refractivity contribution < 1.29 is 0 Å². The summed E-state index contributed by atoms with van der Waals surface area (Å²) in [6, 6.07) is 0.558. The van der Waals surface area contributed by atoms with Gasteiger partial charge in [-0.1, -0.05) is 6.92 Å². The number of anilines is 1. The van der Waals surface area contributed by atoms with Crippen LogP contribution in [-0.2, 0) is 6.54 Å². The van der Waals surface area contributed by atoms with Gasteiger partial charge in [-0.05, 0) is 46.3 Å². The first kappa shape index (κ1) is 15.3. The van der Waals surface area contributed by atoms with Crippen molar-refractivity contribution in [3.63, 3.8) is 0 Å². The maximum absolute atomic E-state index is 5.05. The fourth-order valence-electron chi connectivity index (χ4n) is 3.17. The van der Waals surface area contributed by atoms with Crippen molar-refractivity contribution in [3.8, 4) is 0 Å². The molecule has 3 rings (SSSR count). The minimum absolute atomic E-state index is 0.558. The van der Waals surface area contributed by atoms with Crippen molar-refractivity contribution in [3.05, 3.63) is 10.6 Å². The minimum atomic E-state index is 0.558. The number of hydrogen-bond acceptors (Lipinski definition) is 5. The molecule has 2 fully saturated rings. The molecule has 1 atom stereocenters. The van der Waals surface area contributed by atoms with Crippen molar-refractivity contribution in [1.82, 2.24) is 15.2 Å². The zero-order valence-corrected chi connectivity index (χ0v) is 14.4. The van der Waals surface area contributed by atoms with Crippen LogP contribution in [0.5, 0.6) is 0 Å². The molecular weight excluding hydrogens is 280 g/mol. The lowest BCUT2D eigenvalue weighted by atomic mass is 10.2. The summed E-state index contributed by atoms with van der Waals surface area (Å²) in [5.41, 5.74) is 1.39. The van der Waals surface area contributed by atoms with Crippen LogP contribution in [0, 0.1) is 0 Å². The van der Waals surface area contributed by atoms with Gasteiger partial charge >= 0.3 is 0 Å². The van der Waals surface area contributed by atoms with Crippen molar-refractivity contribution in [1.29, 1.82) is 0 Å². The molecule has 1 aliphatic carbocycles. The van der Waals surface area contributed by atoms with Gasteiger partial charge in [-0.15, -0.1) is 11.3 Å². The number of thiazole rings is 1. The lowest BCUT2D eigenvalue weighted by Crippen LogP contribution is -2.37. The van der Waals surface area contributed by atoms with E-state index >= 15 is 0 Å². The SMILES string of the molecule is CCNCc1sc(N2CCCN(C)CC2C)nc1C1CC1. The molecule has 0 bridgehead atoms. The topological polar surface area (TPSA) is 31.4 Å². The zero-order valence-electron chi connectivity index (χ0n) is 13.6. The summed E-state index contributed by atoms with van der Waals surface area (Å²) >= 11 is 1.92. The van der Waals surface area contributed by atoms with E-state index in [-0.39, 0.29) is 0 Å². The van der Waals surface area contributed by atoms with Crippen LogP contribution >= 0.6 is 11.3 Å². The molecular formula is C16H28N4S. The van der Waals surface area contributed by atoms with Crippen LogP contribution in [0.3, 0.4) is 0 Å². The molecule has 2 aliphatic rings. The van der Waals surface area contributed by atoms with Crippen LogP contribution in [0.4, 0.5) is 5.13 Å². The summed E-state index contributed by atoms with van der Waals surface area (Å²) in [6.45, 7) is 10.0. The van der Waals surface area contributed by atoms with E-state index < -0.39 is 0 Å². The molecule has 0 aromatic carbocycles. The highest BCUT2D eigenvalue weighted by molar-refractivity contribution is 7.15. The smallest absolute Gasteiger partial charge is 0.186 e. The fourth-order valence-corrected chi connectivity index (χ4v) is 4.41. The summed E-state index contributed by atoms with van der Waals surface area (Å²) in [4.78, 5) is 11.5. The monoisotopic (exact) mass is 308 g/mol. The largest absolute Gasteiger partial charge is 0.344 e. The van der Waals surface area contributed by atoms with Crippen LogP contribution < -0.4 is 10.2 Å². The minimum Gasteiger partial charge on any atom is -0.344 e. The second-order valence-corrected chi connectivity index (χ2v) is 7.58. The maximum atomic E-state index is 5.05. The Labute approximate surface area is 132 Å². The van der Waals surface area contributed by atoms with E-state index in [1.54, 1.807) is 0 Å². The Morgan fingerprint density at radius 1 is 1.33 bits per heavy atom. The third-order valence-corrected chi connectivity index (χ3v) is 5.62. The Hall–Kier alpha value is -0.650. The Morgan fingerprint density at radius 3 is 2.86 bits per heavy atom. The van der Waals surface area contributed by atoms with Crippen molar-refractivity contribution in [2.75, 3.05) is 38.1 Å².